The van der Waals surface area contributed by atoms with Crippen LogP contribution in [0.2, 0.25) is 0 Å². The van der Waals surface area contributed by atoms with E-state index in [1.54, 1.807) is 0 Å². The van der Waals surface area contributed by atoms with E-state index in [0.717, 1.165) is 0 Å². The Labute approximate surface area is 268 Å². The van der Waals surface area contributed by atoms with Crippen molar-refractivity contribution in [1.29, 1.82) is 0 Å². The first kappa shape index (κ1) is 41.9. The fraction of sp³-hybridized carbons (Fsp3) is 1.00. The van der Waals surface area contributed by atoms with Crippen molar-refractivity contribution >= 4 is 0 Å². The van der Waals surface area contributed by atoms with Crippen molar-refractivity contribution in [2.45, 2.75) is 219 Å². The number of unbranched alkanes of at least 4 members (excludes halogenated alkanes) is 30. The number of nitrogens with zero attached hydrogens (tertiary/aromatic N) is 2. The van der Waals surface area contributed by atoms with Crippen LogP contribution in [-0.2, 0) is 0 Å². The summed E-state index contributed by atoms with van der Waals surface area (Å²) in [6, 6.07) is 0. The van der Waals surface area contributed by atoms with Crippen LogP contribution in [0.15, 0.2) is 0 Å². The van der Waals surface area contributed by atoms with Gasteiger partial charge >= 0.3 is 0 Å². The summed E-state index contributed by atoms with van der Waals surface area (Å²) in [4.78, 5) is 5.13. The van der Waals surface area contributed by atoms with Crippen LogP contribution in [0.1, 0.15) is 219 Å². The maximum absolute atomic E-state index is 2.77. The first-order chi connectivity index (χ1) is 20.7. The van der Waals surface area contributed by atoms with Crippen molar-refractivity contribution in [1.82, 2.24) is 9.80 Å². The van der Waals surface area contributed by atoms with E-state index >= 15 is 0 Å². The molecule has 0 aliphatic rings. The highest BCUT2D eigenvalue weighted by atomic mass is 15.2. The van der Waals surface area contributed by atoms with E-state index in [1.165, 1.54) is 232 Å². The van der Waals surface area contributed by atoms with E-state index in [9.17, 15) is 0 Å². The summed E-state index contributed by atoms with van der Waals surface area (Å²) in [6.45, 7) is 9.73. The zero-order valence-corrected chi connectivity index (χ0v) is 30.4. The minimum Gasteiger partial charge on any atom is -0.308 e. The van der Waals surface area contributed by atoms with Gasteiger partial charge in [-0.05, 0) is 40.0 Å². The molecule has 0 atom stereocenters. The third kappa shape index (κ3) is 36.1. The molecule has 0 radical (unpaired) electrons. The van der Waals surface area contributed by atoms with E-state index in [-0.39, 0.29) is 0 Å². The fourth-order valence-corrected chi connectivity index (χ4v) is 6.44. The quantitative estimate of drug-likeness (QED) is 0.0662. The van der Waals surface area contributed by atoms with Gasteiger partial charge in [0.2, 0.25) is 0 Å². The molecule has 0 aliphatic carbocycles. The molecule has 0 aromatic carbocycles. The Kier molecular flexibility index (Phi) is 37.0. The topological polar surface area (TPSA) is 6.48 Å². The largest absolute Gasteiger partial charge is 0.308 e. The van der Waals surface area contributed by atoms with Gasteiger partial charge in [0.25, 0.3) is 0 Å². The maximum atomic E-state index is 2.77. The third-order valence-corrected chi connectivity index (χ3v) is 9.52. The molecule has 0 N–H and O–H groups in total. The minimum absolute atomic E-state index is 1.21. The molecule has 254 valence electrons. The molecule has 0 amide bonds. The molecule has 0 spiro atoms. The van der Waals surface area contributed by atoms with Crippen molar-refractivity contribution in [3.63, 3.8) is 0 Å². The average molecular weight is 593 g/mol. The van der Waals surface area contributed by atoms with Gasteiger partial charge in [0.15, 0.2) is 0 Å². The predicted molar refractivity (Wildman–Crippen MR) is 194 cm³/mol. The van der Waals surface area contributed by atoms with Crippen molar-refractivity contribution in [3.05, 3.63) is 0 Å². The van der Waals surface area contributed by atoms with Crippen LogP contribution < -0.4 is 0 Å². The molecule has 0 fully saturated rings. The fourth-order valence-electron chi connectivity index (χ4n) is 6.44. The summed E-state index contributed by atoms with van der Waals surface area (Å²) in [5, 5.41) is 0. The second kappa shape index (κ2) is 37.1. The Morgan fingerprint density at radius 2 is 0.452 bits per heavy atom. The highest BCUT2D eigenvalue weighted by Gasteiger charge is 2.06. The highest BCUT2D eigenvalue weighted by Crippen LogP contribution is 2.16. The maximum Gasteiger partial charge on any atom is 0.0109 e. The molecule has 0 heterocycles. The van der Waals surface area contributed by atoms with Crippen LogP contribution in [0.3, 0.4) is 0 Å². The lowest BCUT2D eigenvalue weighted by Gasteiger charge is -2.24. The van der Waals surface area contributed by atoms with Crippen LogP contribution in [0, 0.1) is 0 Å². The molecule has 42 heavy (non-hydrogen) atoms. The van der Waals surface area contributed by atoms with Gasteiger partial charge in [-0.3, -0.25) is 0 Å². The van der Waals surface area contributed by atoms with Gasteiger partial charge in [-0.2, -0.15) is 0 Å². The Morgan fingerprint density at radius 3 is 0.667 bits per heavy atom. The lowest BCUT2D eigenvalue weighted by Crippen LogP contribution is -2.33. The summed E-state index contributed by atoms with van der Waals surface area (Å²) in [5.41, 5.74) is 0. The van der Waals surface area contributed by atoms with Crippen LogP contribution in [0.4, 0.5) is 0 Å². The predicted octanol–water partition coefficient (Wildman–Crippen LogP) is 13.4. The Balaban J connectivity index is 3.54. The summed E-state index contributed by atoms with van der Waals surface area (Å²) >= 11 is 0. The highest BCUT2D eigenvalue weighted by molar-refractivity contribution is 4.62. The Morgan fingerprint density at radius 1 is 0.238 bits per heavy atom. The smallest absolute Gasteiger partial charge is 0.0109 e. The van der Waals surface area contributed by atoms with Crippen molar-refractivity contribution < 1.29 is 0 Å². The van der Waals surface area contributed by atoms with Crippen LogP contribution in [0.5, 0.6) is 0 Å². The van der Waals surface area contributed by atoms with Gasteiger partial charge < -0.3 is 9.80 Å². The van der Waals surface area contributed by atoms with E-state index < -0.39 is 0 Å². The van der Waals surface area contributed by atoms with Crippen molar-refractivity contribution in [2.75, 3.05) is 40.3 Å². The van der Waals surface area contributed by atoms with Crippen LogP contribution in [-0.4, -0.2) is 50.1 Å². The van der Waals surface area contributed by atoms with E-state index in [2.05, 4.69) is 37.7 Å². The van der Waals surface area contributed by atoms with Gasteiger partial charge in [0.1, 0.15) is 0 Å². The lowest BCUT2D eigenvalue weighted by molar-refractivity contribution is 0.231. The Bertz CT molecular complexity index is 427. The third-order valence-electron chi connectivity index (χ3n) is 9.52. The lowest BCUT2D eigenvalue weighted by atomic mass is 10.0. The number of hydrogen-bond acceptors (Lipinski definition) is 2. The number of likely N-dealkylation sites (N-methyl/N-ethyl adjacent to an activating group) is 1. The molecular formula is C40H84N2. The van der Waals surface area contributed by atoms with Gasteiger partial charge in [-0.25, -0.2) is 0 Å². The molecule has 2 nitrogen and oxygen atoms in total. The van der Waals surface area contributed by atoms with Gasteiger partial charge in [-0.1, -0.05) is 206 Å². The second-order valence-corrected chi connectivity index (χ2v) is 14.3. The molecule has 0 aliphatic heterocycles. The van der Waals surface area contributed by atoms with Crippen LogP contribution >= 0.6 is 0 Å². The monoisotopic (exact) mass is 593 g/mol. The molecule has 0 bridgehead atoms. The molecule has 2 heteroatoms. The van der Waals surface area contributed by atoms with Crippen molar-refractivity contribution in [2.24, 2.45) is 0 Å². The molecule has 0 saturated heterocycles. The number of hydrogen-bond donors (Lipinski definition) is 0. The summed E-state index contributed by atoms with van der Waals surface area (Å²) in [7, 11) is 4.45. The summed E-state index contributed by atoms with van der Waals surface area (Å²) < 4.78 is 0. The Hall–Kier alpha value is -0.0800. The molecule has 0 aromatic rings. The SMILES string of the molecule is CCCCCCCCCCCCCCCCCCN(CCCCCCCCCCCCCCCCCC)CCN(C)C. The van der Waals surface area contributed by atoms with Gasteiger partial charge in [-0.15, -0.1) is 0 Å². The second-order valence-electron chi connectivity index (χ2n) is 14.3. The van der Waals surface area contributed by atoms with E-state index in [1.807, 2.05) is 0 Å². The van der Waals surface area contributed by atoms with Gasteiger partial charge in [0, 0.05) is 13.1 Å². The average Bonchev–Trinajstić information content (AvgIpc) is 2.98. The first-order valence-corrected chi connectivity index (χ1v) is 20.1. The molecule has 0 rings (SSSR count). The molecule has 0 aromatic heterocycles. The van der Waals surface area contributed by atoms with Gasteiger partial charge in [0.05, 0.1) is 0 Å². The first-order valence-electron chi connectivity index (χ1n) is 20.1. The molecular weight excluding hydrogens is 508 g/mol. The molecule has 0 unspecified atom stereocenters. The standard InChI is InChI=1S/C40H84N2/c1-5-7-9-11-13-15-17-19-21-23-25-27-29-31-33-35-37-42(40-39-41(3)4)38-36-34-32-30-28-26-24-22-20-18-16-14-12-10-8-6-2/h5-40H2,1-4H3. The zero-order chi connectivity index (χ0) is 30.6. The van der Waals surface area contributed by atoms with E-state index in [4.69, 9.17) is 0 Å². The molecule has 0 saturated carbocycles. The summed E-state index contributed by atoms with van der Waals surface area (Å²) in [5.74, 6) is 0. The number of rotatable bonds is 37. The van der Waals surface area contributed by atoms with Crippen LogP contribution in [0.25, 0.3) is 0 Å². The van der Waals surface area contributed by atoms with Crippen molar-refractivity contribution in [3.8, 4) is 0 Å². The minimum atomic E-state index is 1.21. The summed E-state index contributed by atoms with van der Waals surface area (Å²) in [6.07, 6.45) is 46.7. The normalized spacial score (nSPS) is 11.9. The van der Waals surface area contributed by atoms with E-state index in [0.29, 0.717) is 0 Å². The zero-order valence-electron chi connectivity index (χ0n) is 30.4.